The molecular weight excluding hydrogens is 621 g/mol. The van der Waals surface area contributed by atoms with Crippen LogP contribution in [0.5, 0.6) is 0 Å². The molecule has 1 aliphatic rings. The monoisotopic (exact) mass is 654 g/mol. The van der Waals surface area contributed by atoms with Gasteiger partial charge >= 0.3 is 0 Å². The maximum Gasteiger partial charge on any atom is 0.227 e. The topological polar surface area (TPSA) is 29.3 Å². The van der Waals surface area contributed by atoms with E-state index in [1.165, 1.54) is 44.2 Å². The maximum absolute atomic E-state index is 6.46. The Labute approximate surface area is 297 Å². The van der Waals surface area contributed by atoms with Crippen molar-refractivity contribution in [1.82, 2.24) is 4.98 Å². The second kappa shape index (κ2) is 11.3. The molecule has 0 radical (unpaired) electrons. The first kappa shape index (κ1) is 29.5. The molecule has 51 heavy (non-hydrogen) atoms. The van der Waals surface area contributed by atoms with E-state index in [2.05, 4.69) is 158 Å². The predicted octanol–water partition coefficient (Wildman–Crippen LogP) is 13.2. The third-order valence-electron chi connectivity index (χ3n) is 10.7. The molecule has 1 heterocycles. The van der Waals surface area contributed by atoms with Crippen LogP contribution in [0.25, 0.3) is 66.4 Å². The number of nitrogens with zero attached hydrogens (tertiary/aromatic N) is 2. The van der Waals surface area contributed by atoms with Gasteiger partial charge in [0.25, 0.3) is 0 Å². The van der Waals surface area contributed by atoms with E-state index in [9.17, 15) is 0 Å². The van der Waals surface area contributed by atoms with Gasteiger partial charge in [-0.15, -0.1) is 0 Å². The highest BCUT2D eigenvalue weighted by Gasteiger charge is 2.35. The quantitative estimate of drug-likeness (QED) is 0.173. The number of hydrogen-bond acceptors (Lipinski definition) is 3. The lowest BCUT2D eigenvalue weighted by atomic mass is 9.82. The first-order chi connectivity index (χ1) is 25.0. The SMILES string of the molecule is CC1(C)c2ccccc2-c2ccc(N(c3cccc(-c4ccccc4)c3)c3cccc4c3ccc3c4ccc4nc(-c5ccccc5)oc43)cc21. The van der Waals surface area contributed by atoms with Crippen molar-refractivity contribution in [3.8, 4) is 33.7 Å². The molecule has 3 nitrogen and oxygen atoms in total. The van der Waals surface area contributed by atoms with Gasteiger partial charge in [-0.2, -0.15) is 0 Å². The summed E-state index contributed by atoms with van der Waals surface area (Å²) < 4.78 is 6.46. The van der Waals surface area contributed by atoms with E-state index in [0.29, 0.717) is 5.89 Å². The van der Waals surface area contributed by atoms with E-state index in [-0.39, 0.29) is 5.41 Å². The van der Waals surface area contributed by atoms with Crippen LogP contribution in [0.3, 0.4) is 0 Å². The molecule has 3 heteroatoms. The summed E-state index contributed by atoms with van der Waals surface area (Å²) in [5.74, 6) is 0.637. The number of fused-ring (bicyclic) bond motifs is 8. The zero-order chi connectivity index (χ0) is 34.1. The zero-order valence-corrected chi connectivity index (χ0v) is 28.5. The Kier molecular flexibility index (Phi) is 6.53. The predicted molar refractivity (Wildman–Crippen MR) is 212 cm³/mol. The molecule has 0 fully saturated rings. The molecule has 0 amide bonds. The molecule has 8 aromatic carbocycles. The van der Waals surface area contributed by atoms with Crippen LogP contribution in [0.2, 0.25) is 0 Å². The number of hydrogen-bond donors (Lipinski definition) is 0. The van der Waals surface area contributed by atoms with Crippen LogP contribution in [0.1, 0.15) is 25.0 Å². The normalized spacial score (nSPS) is 13.1. The number of anilines is 3. The molecule has 0 saturated carbocycles. The van der Waals surface area contributed by atoms with Crippen molar-refractivity contribution in [2.75, 3.05) is 4.90 Å². The van der Waals surface area contributed by atoms with Gasteiger partial charge in [0, 0.05) is 33.1 Å². The van der Waals surface area contributed by atoms with Gasteiger partial charge in [-0.1, -0.05) is 129 Å². The summed E-state index contributed by atoms with van der Waals surface area (Å²) in [4.78, 5) is 7.28. The maximum atomic E-state index is 6.46. The van der Waals surface area contributed by atoms with Crippen LogP contribution < -0.4 is 4.90 Å². The molecule has 0 unspecified atom stereocenters. The van der Waals surface area contributed by atoms with Gasteiger partial charge in [0.2, 0.25) is 5.89 Å². The Morgan fingerprint density at radius 3 is 1.96 bits per heavy atom. The minimum Gasteiger partial charge on any atom is -0.435 e. The number of oxazole rings is 1. The molecule has 0 N–H and O–H groups in total. The lowest BCUT2D eigenvalue weighted by Gasteiger charge is -2.29. The largest absolute Gasteiger partial charge is 0.435 e. The van der Waals surface area contributed by atoms with Crippen molar-refractivity contribution in [1.29, 1.82) is 0 Å². The van der Waals surface area contributed by atoms with Crippen molar-refractivity contribution in [3.05, 3.63) is 181 Å². The molecule has 10 rings (SSSR count). The van der Waals surface area contributed by atoms with Crippen molar-refractivity contribution >= 4 is 49.7 Å². The summed E-state index contributed by atoms with van der Waals surface area (Å²) in [6.07, 6.45) is 0. The van der Waals surface area contributed by atoms with Gasteiger partial charge in [-0.05, 0) is 98.8 Å². The van der Waals surface area contributed by atoms with Gasteiger partial charge in [0.15, 0.2) is 5.58 Å². The molecule has 0 bridgehead atoms. The van der Waals surface area contributed by atoms with E-state index >= 15 is 0 Å². The van der Waals surface area contributed by atoms with Crippen LogP contribution in [-0.2, 0) is 5.41 Å². The van der Waals surface area contributed by atoms with Crippen molar-refractivity contribution in [2.45, 2.75) is 19.3 Å². The Hall–Kier alpha value is -6.45. The molecule has 242 valence electrons. The third-order valence-corrected chi connectivity index (χ3v) is 10.7. The fraction of sp³-hybridized carbons (Fsp3) is 0.0625. The molecule has 9 aromatic rings. The molecule has 0 atom stereocenters. The van der Waals surface area contributed by atoms with E-state index in [4.69, 9.17) is 9.40 Å². The van der Waals surface area contributed by atoms with E-state index in [1.807, 2.05) is 30.3 Å². The number of benzene rings is 8. The van der Waals surface area contributed by atoms with E-state index in [1.54, 1.807) is 0 Å². The molecule has 0 aliphatic heterocycles. The average molecular weight is 655 g/mol. The minimum absolute atomic E-state index is 0.116. The standard InChI is InChI=1S/C48H34N2O/c1-48(2)42-21-10-9-19-38(42)39-24-23-35(30-43(39)48)50(34-18-11-17-33(29-34)31-13-5-3-6-14-31)45-22-12-20-36-37-27-28-44-46(41(37)26-25-40(36)45)51-47(49-44)32-15-7-4-8-16-32/h3-30H,1-2H3. The molecular formula is C48H34N2O. The van der Waals surface area contributed by atoms with Crippen molar-refractivity contribution in [2.24, 2.45) is 0 Å². The Morgan fingerprint density at radius 2 is 1.12 bits per heavy atom. The third kappa shape index (κ3) is 4.62. The fourth-order valence-corrected chi connectivity index (χ4v) is 8.16. The first-order valence-electron chi connectivity index (χ1n) is 17.5. The molecule has 1 aromatic heterocycles. The van der Waals surface area contributed by atoms with E-state index in [0.717, 1.165) is 44.5 Å². The van der Waals surface area contributed by atoms with Gasteiger partial charge in [0.1, 0.15) is 5.52 Å². The van der Waals surface area contributed by atoms with Crippen LogP contribution in [0.15, 0.2) is 174 Å². The number of aromatic nitrogens is 1. The highest BCUT2D eigenvalue weighted by atomic mass is 16.3. The lowest BCUT2D eigenvalue weighted by Crippen LogP contribution is -2.16. The van der Waals surface area contributed by atoms with Crippen LogP contribution in [0.4, 0.5) is 17.1 Å². The lowest BCUT2D eigenvalue weighted by molar-refractivity contribution is 0.623. The summed E-state index contributed by atoms with van der Waals surface area (Å²) in [5, 5.41) is 4.53. The molecule has 1 aliphatic carbocycles. The first-order valence-corrected chi connectivity index (χ1v) is 17.5. The Balaban J connectivity index is 1.19. The van der Waals surface area contributed by atoms with Crippen LogP contribution in [0, 0.1) is 0 Å². The van der Waals surface area contributed by atoms with Gasteiger partial charge in [-0.3, -0.25) is 0 Å². The summed E-state index contributed by atoms with van der Waals surface area (Å²) in [5.41, 5.74) is 13.6. The van der Waals surface area contributed by atoms with Gasteiger partial charge < -0.3 is 9.32 Å². The summed E-state index contributed by atoms with van der Waals surface area (Å²) in [6.45, 7) is 4.69. The summed E-state index contributed by atoms with van der Waals surface area (Å²) >= 11 is 0. The fourth-order valence-electron chi connectivity index (χ4n) is 8.16. The summed E-state index contributed by atoms with van der Waals surface area (Å²) in [6, 6.07) is 60.9. The van der Waals surface area contributed by atoms with Crippen molar-refractivity contribution in [3.63, 3.8) is 0 Å². The molecule has 0 saturated heterocycles. The Bertz CT molecular complexity index is 2780. The van der Waals surface area contributed by atoms with Crippen molar-refractivity contribution < 1.29 is 4.42 Å². The highest BCUT2D eigenvalue weighted by Crippen LogP contribution is 2.51. The van der Waals surface area contributed by atoms with Gasteiger partial charge in [-0.25, -0.2) is 4.98 Å². The van der Waals surface area contributed by atoms with E-state index < -0.39 is 0 Å². The minimum atomic E-state index is -0.116. The Morgan fingerprint density at radius 1 is 0.471 bits per heavy atom. The van der Waals surface area contributed by atoms with Gasteiger partial charge in [0.05, 0.1) is 5.69 Å². The molecule has 0 spiro atoms. The second-order valence-electron chi connectivity index (χ2n) is 14.0. The average Bonchev–Trinajstić information content (AvgIpc) is 3.73. The van der Waals surface area contributed by atoms with Crippen LogP contribution >= 0.6 is 0 Å². The highest BCUT2D eigenvalue weighted by molar-refractivity contribution is 6.18. The summed E-state index contributed by atoms with van der Waals surface area (Å²) in [7, 11) is 0. The van der Waals surface area contributed by atoms with Crippen LogP contribution in [-0.4, -0.2) is 4.98 Å². The smallest absolute Gasteiger partial charge is 0.227 e. The zero-order valence-electron chi connectivity index (χ0n) is 28.5. The second-order valence-corrected chi connectivity index (χ2v) is 14.0. The number of rotatable bonds is 5.